The average molecular weight is 178 g/mol. The molecule has 70 valence electrons. The van der Waals surface area contributed by atoms with Crippen LogP contribution in [0.25, 0.3) is 0 Å². The molecule has 0 radical (unpaired) electrons. The van der Waals surface area contributed by atoms with Crippen molar-refractivity contribution in [2.45, 2.75) is 6.04 Å². The third-order valence-corrected chi connectivity index (χ3v) is 1.74. The number of hydrogen-bond donors (Lipinski definition) is 4. The maximum Gasteiger partial charge on any atom is 0.185 e. The van der Waals surface area contributed by atoms with E-state index in [2.05, 4.69) is 5.32 Å². The number of nitrogens with one attached hydrogen (secondary N) is 2. The van der Waals surface area contributed by atoms with E-state index in [4.69, 9.17) is 16.9 Å². The van der Waals surface area contributed by atoms with Crippen LogP contribution in [0.2, 0.25) is 0 Å². The molecule has 13 heavy (non-hydrogen) atoms. The molecule has 0 saturated heterocycles. The summed E-state index contributed by atoms with van der Waals surface area (Å²) in [6.45, 7) is 0.485. The molecule has 1 aromatic rings. The highest BCUT2D eigenvalue weighted by atomic mass is 15.0. The summed E-state index contributed by atoms with van der Waals surface area (Å²) < 4.78 is 0. The van der Waals surface area contributed by atoms with Crippen molar-refractivity contribution in [1.29, 1.82) is 5.41 Å². The normalized spacial score (nSPS) is 12.1. The van der Waals surface area contributed by atoms with Gasteiger partial charge in [-0.3, -0.25) is 5.41 Å². The summed E-state index contributed by atoms with van der Waals surface area (Å²) in [5.74, 6) is -0.0496. The first-order valence-electron chi connectivity index (χ1n) is 4.08. The van der Waals surface area contributed by atoms with E-state index in [-0.39, 0.29) is 12.0 Å². The van der Waals surface area contributed by atoms with Gasteiger partial charge in [0.05, 0.1) is 0 Å². The molecule has 1 atom stereocenters. The van der Waals surface area contributed by atoms with Gasteiger partial charge in [0.15, 0.2) is 5.96 Å². The lowest BCUT2D eigenvalue weighted by Crippen LogP contribution is -2.36. The van der Waals surface area contributed by atoms with Crippen LogP contribution in [-0.4, -0.2) is 12.5 Å². The van der Waals surface area contributed by atoms with Crippen LogP contribution in [0.3, 0.4) is 0 Å². The van der Waals surface area contributed by atoms with Gasteiger partial charge in [-0.05, 0) is 5.56 Å². The van der Waals surface area contributed by atoms with Gasteiger partial charge in [0.1, 0.15) is 0 Å². The van der Waals surface area contributed by atoms with Crippen molar-refractivity contribution in [3.63, 3.8) is 0 Å². The number of rotatable bonds is 3. The van der Waals surface area contributed by atoms with Gasteiger partial charge in [-0.15, -0.1) is 0 Å². The molecule has 0 amide bonds. The summed E-state index contributed by atoms with van der Waals surface area (Å²) in [5.41, 5.74) is 12.0. The van der Waals surface area contributed by atoms with E-state index in [0.717, 1.165) is 5.56 Å². The van der Waals surface area contributed by atoms with Crippen molar-refractivity contribution >= 4 is 5.96 Å². The zero-order valence-corrected chi connectivity index (χ0v) is 7.33. The zero-order chi connectivity index (χ0) is 9.68. The summed E-state index contributed by atoms with van der Waals surface area (Å²) in [4.78, 5) is 0. The molecule has 0 bridgehead atoms. The lowest BCUT2D eigenvalue weighted by molar-refractivity contribution is 0.686. The second-order valence-corrected chi connectivity index (χ2v) is 2.81. The molecule has 1 rings (SSSR count). The molecule has 4 heteroatoms. The fourth-order valence-electron chi connectivity index (χ4n) is 1.04. The lowest BCUT2D eigenvalue weighted by atomic mass is 10.1. The second kappa shape index (κ2) is 4.47. The molecule has 1 aromatic carbocycles. The molecular formula is C9H14N4. The summed E-state index contributed by atoms with van der Waals surface area (Å²) >= 11 is 0. The van der Waals surface area contributed by atoms with Gasteiger partial charge in [0.2, 0.25) is 0 Å². The van der Waals surface area contributed by atoms with Crippen molar-refractivity contribution in [2.24, 2.45) is 11.5 Å². The smallest absolute Gasteiger partial charge is 0.185 e. The fourth-order valence-corrected chi connectivity index (χ4v) is 1.04. The van der Waals surface area contributed by atoms with Gasteiger partial charge in [-0.1, -0.05) is 30.3 Å². The van der Waals surface area contributed by atoms with Crippen LogP contribution >= 0.6 is 0 Å². The van der Waals surface area contributed by atoms with Gasteiger partial charge < -0.3 is 16.8 Å². The van der Waals surface area contributed by atoms with Crippen molar-refractivity contribution in [3.8, 4) is 0 Å². The van der Waals surface area contributed by atoms with E-state index in [1.54, 1.807) is 0 Å². The van der Waals surface area contributed by atoms with Crippen molar-refractivity contribution < 1.29 is 0 Å². The number of nitrogens with two attached hydrogens (primary N) is 2. The molecule has 0 heterocycles. The minimum atomic E-state index is -0.120. The minimum absolute atomic E-state index is 0.0496. The van der Waals surface area contributed by atoms with Gasteiger partial charge in [0.25, 0.3) is 0 Å². The predicted molar refractivity (Wildman–Crippen MR) is 53.3 cm³/mol. The molecule has 4 nitrogen and oxygen atoms in total. The third kappa shape index (κ3) is 3.13. The molecule has 0 spiro atoms. The van der Waals surface area contributed by atoms with E-state index in [1.165, 1.54) is 0 Å². The predicted octanol–water partition coefficient (Wildman–Crippen LogP) is 0.169. The Labute approximate surface area is 77.4 Å². The Morgan fingerprint density at radius 3 is 2.54 bits per heavy atom. The lowest BCUT2D eigenvalue weighted by Gasteiger charge is -2.12. The van der Waals surface area contributed by atoms with Crippen molar-refractivity contribution in [3.05, 3.63) is 35.9 Å². The molecule has 0 fully saturated rings. The molecule has 1 unspecified atom stereocenters. The standard InChI is InChI=1S/C9H14N4/c10-8(6-13-9(11)12)7-4-2-1-3-5-7/h1-5,8H,6,10H2,(H4,11,12,13). The van der Waals surface area contributed by atoms with Crippen LogP contribution in [-0.2, 0) is 0 Å². The van der Waals surface area contributed by atoms with Gasteiger partial charge in [0, 0.05) is 12.6 Å². The molecule has 6 N–H and O–H groups in total. The number of guanidine groups is 1. The minimum Gasteiger partial charge on any atom is -0.370 e. The van der Waals surface area contributed by atoms with E-state index >= 15 is 0 Å². The van der Waals surface area contributed by atoms with Crippen LogP contribution in [0.1, 0.15) is 11.6 Å². The van der Waals surface area contributed by atoms with Crippen LogP contribution in [0.4, 0.5) is 0 Å². The summed E-state index contributed by atoms with van der Waals surface area (Å²) in [6, 6.07) is 9.59. The van der Waals surface area contributed by atoms with Gasteiger partial charge >= 0.3 is 0 Å². The highest BCUT2D eigenvalue weighted by molar-refractivity contribution is 5.74. The van der Waals surface area contributed by atoms with Gasteiger partial charge in [-0.25, -0.2) is 0 Å². The Kier molecular flexibility index (Phi) is 3.28. The number of benzene rings is 1. The molecule has 0 aliphatic heterocycles. The Morgan fingerprint density at radius 2 is 2.00 bits per heavy atom. The Morgan fingerprint density at radius 1 is 1.38 bits per heavy atom. The molecule has 0 aliphatic carbocycles. The maximum atomic E-state index is 6.96. The van der Waals surface area contributed by atoms with Crippen LogP contribution in [0.5, 0.6) is 0 Å². The first-order valence-corrected chi connectivity index (χ1v) is 4.08. The molecule has 0 aromatic heterocycles. The first kappa shape index (κ1) is 9.54. The van der Waals surface area contributed by atoms with Crippen LogP contribution < -0.4 is 16.8 Å². The van der Waals surface area contributed by atoms with Crippen molar-refractivity contribution in [1.82, 2.24) is 5.32 Å². The van der Waals surface area contributed by atoms with E-state index < -0.39 is 0 Å². The molecule has 0 saturated carbocycles. The van der Waals surface area contributed by atoms with Crippen LogP contribution in [0.15, 0.2) is 30.3 Å². The Balaban J connectivity index is 2.49. The highest BCUT2D eigenvalue weighted by Gasteiger charge is 2.03. The summed E-state index contributed by atoms with van der Waals surface area (Å²) in [7, 11) is 0. The van der Waals surface area contributed by atoms with Crippen LogP contribution in [0, 0.1) is 5.41 Å². The highest BCUT2D eigenvalue weighted by Crippen LogP contribution is 2.07. The number of hydrogen-bond acceptors (Lipinski definition) is 2. The SMILES string of the molecule is N=C(N)NCC(N)c1ccccc1. The fraction of sp³-hybridized carbons (Fsp3) is 0.222. The van der Waals surface area contributed by atoms with E-state index in [9.17, 15) is 0 Å². The van der Waals surface area contributed by atoms with E-state index in [0.29, 0.717) is 6.54 Å². The largest absolute Gasteiger partial charge is 0.370 e. The van der Waals surface area contributed by atoms with Gasteiger partial charge in [-0.2, -0.15) is 0 Å². The van der Waals surface area contributed by atoms with E-state index in [1.807, 2.05) is 30.3 Å². The summed E-state index contributed by atoms with van der Waals surface area (Å²) in [6.07, 6.45) is 0. The topological polar surface area (TPSA) is 87.9 Å². The van der Waals surface area contributed by atoms with Crippen molar-refractivity contribution in [2.75, 3.05) is 6.54 Å². The first-order chi connectivity index (χ1) is 6.20. The average Bonchev–Trinajstić information content (AvgIpc) is 2.15. The maximum absolute atomic E-state index is 6.96. The third-order valence-electron chi connectivity index (χ3n) is 1.74. The zero-order valence-electron chi connectivity index (χ0n) is 7.33. The quantitative estimate of drug-likeness (QED) is 0.393. The Bertz CT molecular complexity index is 270. The summed E-state index contributed by atoms with van der Waals surface area (Å²) in [5, 5.41) is 9.64. The molecule has 0 aliphatic rings. The molecular weight excluding hydrogens is 164 g/mol. The monoisotopic (exact) mass is 178 g/mol. The Hall–Kier alpha value is -1.55. The second-order valence-electron chi connectivity index (χ2n) is 2.81.